The molecular formula is C20H22FN3O3. The lowest BCUT2D eigenvalue weighted by atomic mass is 10.3. The van der Waals surface area contributed by atoms with Gasteiger partial charge < -0.3 is 10.1 Å². The molecular weight excluding hydrogens is 349 g/mol. The summed E-state index contributed by atoms with van der Waals surface area (Å²) in [5, 5.41) is 2.79. The molecule has 0 aliphatic rings. The van der Waals surface area contributed by atoms with E-state index in [0.29, 0.717) is 26.1 Å². The van der Waals surface area contributed by atoms with E-state index in [9.17, 15) is 14.0 Å². The van der Waals surface area contributed by atoms with Crippen LogP contribution in [0.15, 0.2) is 53.3 Å². The number of hydrogen-bond donors (Lipinski definition) is 1. The molecule has 7 heteroatoms. The first-order valence-electron chi connectivity index (χ1n) is 8.86. The van der Waals surface area contributed by atoms with Crippen molar-refractivity contribution in [2.24, 2.45) is 7.05 Å². The summed E-state index contributed by atoms with van der Waals surface area (Å²) >= 11 is 0. The summed E-state index contributed by atoms with van der Waals surface area (Å²) in [6.07, 6.45) is 0.774. The lowest BCUT2D eigenvalue weighted by Crippen LogP contribution is -2.29. The molecule has 0 saturated carbocycles. The number of aryl methyl sites for hydroxylation is 2. The molecule has 27 heavy (non-hydrogen) atoms. The third-order valence-corrected chi connectivity index (χ3v) is 4.35. The predicted octanol–water partition coefficient (Wildman–Crippen LogP) is 2.45. The van der Waals surface area contributed by atoms with Crippen LogP contribution in [0.4, 0.5) is 4.39 Å². The number of aromatic nitrogens is 2. The van der Waals surface area contributed by atoms with Gasteiger partial charge in [0.25, 0.3) is 0 Å². The van der Waals surface area contributed by atoms with Crippen LogP contribution in [0.25, 0.3) is 11.0 Å². The van der Waals surface area contributed by atoms with E-state index in [4.69, 9.17) is 4.74 Å². The lowest BCUT2D eigenvalue weighted by Gasteiger charge is -2.08. The molecule has 0 unspecified atom stereocenters. The third kappa shape index (κ3) is 4.36. The van der Waals surface area contributed by atoms with E-state index in [2.05, 4.69) is 5.32 Å². The van der Waals surface area contributed by atoms with Gasteiger partial charge in [0.05, 0.1) is 17.6 Å². The van der Waals surface area contributed by atoms with Gasteiger partial charge in [-0.1, -0.05) is 24.3 Å². The zero-order valence-corrected chi connectivity index (χ0v) is 15.2. The highest BCUT2D eigenvalue weighted by atomic mass is 19.1. The number of nitrogens with zero attached hydrogens (tertiary/aromatic N) is 2. The van der Waals surface area contributed by atoms with Gasteiger partial charge in [-0.05, 0) is 30.7 Å². The Morgan fingerprint density at radius 1 is 1.11 bits per heavy atom. The summed E-state index contributed by atoms with van der Waals surface area (Å²) in [6, 6.07) is 13.7. The van der Waals surface area contributed by atoms with E-state index in [1.807, 2.05) is 24.3 Å². The monoisotopic (exact) mass is 371 g/mol. The molecule has 1 aromatic heterocycles. The molecule has 0 saturated heterocycles. The van der Waals surface area contributed by atoms with Crippen molar-refractivity contribution < 1.29 is 13.9 Å². The molecule has 0 bridgehead atoms. The minimum absolute atomic E-state index is 0.137. The number of nitrogens with one attached hydrogen (secondary N) is 1. The van der Waals surface area contributed by atoms with Gasteiger partial charge >= 0.3 is 5.69 Å². The highest BCUT2D eigenvalue weighted by Gasteiger charge is 2.11. The number of imidazole rings is 1. The molecule has 0 aliphatic carbocycles. The summed E-state index contributed by atoms with van der Waals surface area (Å²) in [7, 11) is 1.72. The van der Waals surface area contributed by atoms with Crippen LogP contribution in [0, 0.1) is 5.82 Å². The summed E-state index contributed by atoms with van der Waals surface area (Å²) in [6.45, 7) is 1.06. The van der Waals surface area contributed by atoms with Gasteiger partial charge in [0, 0.05) is 26.6 Å². The Balaban J connectivity index is 1.44. The largest absolute Gasteiger partial charge is 0.490 e. The van der Waals surface area contributed by atoms with Gasteiger partial charge in [0.15, 0.2) is 11.6 Å². The molecule has 0 aliphatic heterocycles. The molecule has 3 rings (SSSR count). The number of para-hydroxylation sites is 3. The maximum absolute atomic E-state index is 13.4. The fourth-order valence-corrected chi connectivity index (χ4v) is 2.92. The molecule has 6 nitrogen and oxygen atoms in total. The standard InChI is InChI=1S/C20H22FN3O3/c1-23-16-8-3-4-9-17(16)24(20(23)26)13-11-19(25)22-12-6-14-27-18-10-5-2-7-15(18)21/h2-5,7-10H,6,11-14H2,1H3,(H,22,25). The van der Waals surface area contributed by atoms with Crippen molar-refractivity contribution in [2.45, 2.75) is 19.4 Å². The molecule has 1 heterocycles. The van der Waals surface area contributed by atoms with E-state index < -0.39 is 5.82 Å². The van der Waals surface area contributed by atoms with Gasteiger partial charge in [-0.3, -0.25) is 13.9 Å². The van der Waals surface area contributed by atoms with Crippen LogP contribution < -0.4 is 15.7 Å². The Morgan fingerprint density at radius 3 is 2.59 bits per heavy atom. The molecule has 1 N–H and O–H groups in total. The topological polar surface area (TPSA) is 65.3 Å². The van der Waals surface area contributed by atoms with Crippen LogP contribution in [0.1, 0.15) is 12.8 Å². The SMILES string of the molecule is Cn1c(=O)n(CCC(=O)NCCCOc2ccccc2F)c2ccccc21. The minimum atomic E-state index is -0.401. The van der Waals surface area contributed by atoms with E-state index in [-0.39, 0.29) is 23.8 Å². The van der Waals surface area contributed by atoms with E-state index in [1.165, 1.54) is 6.07 Å². The van der Waals surface area contributed by atoms with Crippen molar-refractivity contribution in [3.63, 3.8) is 0 Å². The van der Waals surface area contributed by atoms with Crippen LogP contribution in [0.3, 0.4) is 0 Å². The van der Waals surface area contributed by atoms with E-state index in [1.54, 1.807) is 34.4 Å². The highest BCUT2D eigenvalue weighted by molar-refractivity contribution is 5.77. The molecule has 0 fully saturated rings. The fourth-order valence-electron chi connectivity index (χ4n) is 2.92. The first-order valence-corrected chi connectivity index (χ1v) is 8.86. The first-order chi connectivity index (χ1) is 13.1. The average Bonchev–Trinajstić information content (AvgIpc) is 2.92. The van der Waals surface area contributed by atoms with Gasteiger partial charge in [0.1, 0.15) is 0 Å². The number of hydrogen-bond acceptors (Lipinski definition) is 3. The van der Waals surface area contributed by atoms with E-state index >= 15 is 0 Å². The Labute approximate surface area is 156 Å². The minimum Gasteiger partial charge on any atom is -0.490 e. The van der Waals surface area contributed by atoms with Gasteiger partial charge in [0.2, 0.25) is 5.91 Å². The van der Waals surface area contributed by atoms with Crippen molar-refractivity contribution in [1.29, 1.82) is 0 Å². The van der Waals surface area contributed by atoms with Gasteiger partial charge in [-0.25, -0.2) is 9.18 Å². The van der Waals surface area contributed by atoms with Crippen molar-refractivity contribution in [2.75, 3.05) is 13.2 Å². The van der Waals surface area contributed by atoms with Crippen molar-refractivity contribution in [3.8, 4) is 5.75 Å². The van der Waals surface area contributed by atoms with Crippen LogP contribution in [-0.4, -0.2) is 28.2 Å². The Kier molecular flexibility index (Phi) is 5.90. The molecule has 2 aromatic carbocycles. The van der Waals surface area contributed by atoms with Gasteiger partial charge in [-0.2, -0.15) is 0 Å². The number of benzene rings is 2. The third-order valence-electron chi connectivity index (χ3n) is 4.35. The molecule has 142 valence electrons. The summed E-state index contributed by atoms with van der Waals surface area (Å²) in [5.74, 6) is -0.332. The maximum atomic E-state index is 13.4. The second-order valence-electron chi connectivity index (χ2n) is 6.21. The lowest BCUT2D eigenvalue weighted by molar-refractivity contribution is -0.121. The quantitative estimate of drug-likeness (QED) is 0.619. The zero-order valence-electron chi connectivity index (χ0n) is 15.2. The smallest absolute Gasteiger partial charge is 0.328 e. The number of halogens is 1. The number of carbonyl (C=O) groups is 1. The summed E-state index contributed by atoms with van der Waals surface area (Å²) in [5.41, 5.74) is 1.52. The average molecular weight is 371 g/mol. The highest BCUT2D eigenvalue weighted by Crippen LogP contribution is 2.15. The van der Waals surface area contributed by atoms with Crippen molar-refractivity contribution >= 4 is 16.9 Å². The van der Waals surface area contributed by atoms with E-state index in [0.717, 1.165) is 11.0 Å². The fraction of sp³-hybridized carbons (Fsp3) is 0.300. The second kappa shape index (κ2) is 8.53. The number of ether oxygens (including phenoxy) is 1. The Bertz CT molecular complexity index is 994. The predicted molar refractivity (Wildman–Crippen MR) is 101 cm³/mol. The van der Waals surface area contributed by atoms with Gasteiger partial charge in [-0.15, -0.1) is 0 Å². The zero-order chi connectivity index (χ0) is 19.2. The maximum Gasteiger partial charge on any atom is 0.328 e. The number of rotatable bonds is 8. The van der Waals surface area contributed by atoms with Crippen LogP contribution >= 0.6 is 0 Å². The number of carbonyl (C=O) groups excluding carboxylic acids is 1. The molecule has 1 amide bonds. The number of amides is 1. The van der Waals surface area contributed by atoms with Crippen LogP contribution in [0.5, 0.6) is 5.75 Å². The van der Waals surface area contributed by atoms with Crippen molar-refractivity contribution in [1.82, 2.24) is 14.5 Å². The van der Waals surface area contributed by atoms with Crippen LogP contribution in [0.2, 0.25) is 0 Å². The first kappa shape index (κ1) is 18.7. The molecule has 0 radical (unpaired) electrons. The second-order valence-corrected chi connectivity index (χ2v) is 6.21. The summed E-state index contributed by atoms with van der Waals surface area (Å²) in [4.78, 5) is 24.3. The molecule has 3 aromatic rings. The number of fused-ring (bicyclic) bond motifs is 1. The normalized spacial score (nSPS) is 10.9. The molecule has 0 atom stereocenters. The van der Waals surface area contributed by atoms with Crippen molar-refractivity contribution in [3.05, 3.63) is 64.8 Å². The molecule has 0 spiro atoms. The van der Waals surface area contributed by atoms with Crippen LogP contribution in [-0.2, 0) is 18.4 Å². The Morgan fingerprint density at radius 2 is 1.81 bits per heavy atom. The Hall–Kier alpha value is -3.09. The summed E-state index contributed by atoms with van der Waals surface area (Å²) < 4.78 is 21.9.